The molecule has 1 amide bonds. The van der Waals surface area contributed by atoms with E-state index in [0.717, 1.165) is 25.8 Å². The van der Waals surface area contributed by atoms with Crippen LogP contribution in [0.4, 0.5) is 0 Å². The van der Waals surface area contributed by atoms with Crippen LogP contribution in [0.3, 0.4) is 0 Å². The molecule has 0 aromatic heterocycles. The molecule has 1 fully saturated rings. The van der Waals surface area contributed by atoms with Crippen LogP contribution in [0.25, 0.3) is 0 Å². The number of carbonyl (C=O) groups is 3. The van der Waals surface area contributed by atoms with E-state index >= 15 is 0 Å². The summed E-state index contributed by atoms with van der Waals surface area (Å²) < 4.78 is 0. The van der Waals surface area contributed by atoms with Crippen LogP contribution in [0.5, 0.6) is 0 Å². The van der Waals surface area contributed by atoms with Crippen molar-refractivity contribution in [3.63, 3.8) is 0 Å². The minimum Gasteiger partial charge on any atom is -0.478 e. The molecular weight excluding hydrogens is 394 g/mol. The molecule has 0 aliphatic carbocycles. The van der Waals surface area contributed by atoms with Gasteiger partial charge in [0.1, 0.15) is 0 Å². The molecule has 0 spiro atoms. The van der Waals surface area contributed by atoms with Crippen LogP contribution in [-0.4, -0.2) is 64.9 Å². The molecule has 178 valence electrons. The van der Waals surface area contributed by atoms with Crippen molar-refractivity contribution in [2.45, 2.75) is 98.8 Å². The third-order valence-electron chi connectivity index (χ3n) is 5.98. The van der Waals surface area contributed by atoms with E-state index in [0.29, 0.717) is 0 Å². The molecular formula is C24H43N3O4. The SMILES string of the molecule is C/C(=C\[C@@H](NCC(=O)[C@@H](NC(=O)[C@H]1CCCCN1C(C)C)C(C)(C)C)C(C)C)C(=O)O. The van der Waals surface area contributed by atoms with Crippen molar-refractivity contribution < 1.29 is 19.5 Å². The Morgan fingerprint density at radius 1 is 1.13 bits per heavy atom. The first-order chi connectivity index (χ1) is 14.3. The minimum atomic E-state index is -0.971. The minimum absolute atomic E-state index is 0.0625. The van der Waals surface area contributed by atoms with Gasteiger partial charge < -0.3 is 15.7 Å². The van der Waals surface area contributed by atoms with Crippen molar-refractivity contribution in [3.8, 4) is 0 Å². The average molecular weight is 438 g/mol. The molecule has 1 rings (SSSR count). The van der Waals surface area contributed by atoms with Gasteiger partial charge in [-0.2, -0.15) is 0 Å². The Balaban J connectivity index is 2.91. The number of Topliss-reactive ketones (excluding diaryl/α,β-unsaturated/α-hetero) is 1. The fraction of sp³-hybridized carbons (Fsp3) is 0.792. The van der Waals surface area contributed by atoms with Crippen LogP contribution >= 0.6 is 0 Å². The normalized spacial score (nSPS) is 20.6. The topological polar surface area (TPSA) is 98.7 Å². The van der Waals surface area contributed by atoms with Gasteiger partial charge in [-0.25, -0.2) is 4.79 Å². The Bertz CT molecular complexity index is 664. The molecule has 1 aliphatic heterocycles. The van der Waals surface area contributed by atoms with E-state index < -0.39 is 17.4 Å². The highest BCUT2D eigenvalue weighted by Crippen LogP contribution is 2.23. The summed E-state index contributed by atoms with van der Waals surface area (Å²) in [6, 6.07) is -0.798. The number of carbonyl (C=O) groups excluding carboxylic acids is 2. The van der Waals surface area contributed by atoms with Crippen LogP contribution in [-0.2, 0) is 14.4 Å². The van der Waals surface area contributed by atoms with Crippen molar-refractivity contribution in [1.29, 1.82) is 0 Å². The number of ketones is 1. The fourth-order valence-corrected chi connectivity index (χ4v) is 4.02. The van der Waals surface area contributed by atoms with Gasteiger partial charge in [0.05, 0.1) is 18.6 Å². The monoisotopic (exact) mass is 437 g/mol. The molecule has 0 bridgehead atoms. The van der Waals surface area contributed by atoms with Gasteiger partial charge in [0.15, 0.2) is 5.78 Å². The first-order valence-electron chi connectivity index (χ1n) is 11.5. The Morgan fingerprint density at radius 3 is 2.23 bits per heavy atom. The van der Waals surface area contributed by atoms with Gasteiger partial charge in [-0.05, 0) is 51.5 Å². The number of hydrogen-bond acceptors (Lipinski definition) is 5. The number of carboxylic acids is 1. The summed E-state index contributed by atoms with van der Waals surface area (Å²) >= 11 is 0. The largest absolute Gasteiger partial charge is 0.478 e. The van der Waals surface area contributed by atoms with Gasteiger partial charge in [0.25, 0.3) is 0 Å². The van der Waals surface area contributed by atoms with E-state index in [1.165, 1.54) is 0 Å². The van der Waals surface area contributed by atoms with Crippen LogP contribution in [0.2, 0.25) is 0 Å². The van der Waals surface area contributed by atoms with Gasteiger partial charge in [0, 0.05) is 17.7 Å². The lowest BCUT2D eigenvalue weighted by molar-refractivity contribution is -0.134. The van der Waals surface area contributed by atoms with Gasteiger partial charge in [0.2, 0.25) is 5.91 Å². The highest BCUT2D eigenvalue weighted by Gasteiger charge is 2.37. The highest BCUT2D eigenvalue weighted by atomic mass is 16.4. The third-order valence-corrected chi connectivity index (χ3v) is 5.98. The van der Waals surface area contributed by atoms with E-state index in [1.807, 2.05) is 34.6 Å². The first kappa shape index (κ1) is 27.3. The fourth-order valence-electron chi connectivity index (χ4n) is 4.02. The molecule has 3 N–H and O–H groups in total. The van der Waals surface area contributed by atoms with Gasteiger partial charge in [-0.3, -0.25) is 14.5 Å². The second kappa shape index (κ2) is 11.8. The summed E-state index contributed by atoms with van der Waals surface area (Å²) in [7, 11) is 0. The maximum Gasteiger partial charge on any atom is 0.331 e. The number of likely N-dealkylation sites (tertiary alicyclic amines) is 1. The van der Waals surface area contributed by atoms with Gasteiger partial charge >= 0.3 is 5.97 Å². The zero-order valence-electron chi connectivity index (χ0n) is 20.6. The second-order valence-electron chi connectivity index (χ2n) is 10.4. The molecule has 3 atom stereocenters. The molecule has 1 heterocycles. The van der Waals surface area contributed by atoms with E-state index in [2.05, 4.69) is 29.4 Å². The maximum absolute atomic E-state index is 13.1. The summed E-state index contributed by atoms with van der Waals surface area (Å²) in [5.74, 6) is -1.03. The number of amides is 1. The molecule has 0 saturated carbocycles. The summed E-state index contributed by atoms with van der Waals surface area (Å²) in [5, 5.41) is 15.4. The summed E-state index contributed by atoms with van der Waals surface area (Å²) in [6.45, 7) is 16.5. The van der Waals surface area contributed by atoms with Crippen molar-refractivity contribution in [2.24, 2.45) is 11.3 Å². The lowest BCUT2D eigenvalue weighted by Gasteiger charge is -2.39. The Labute approximate surface area is 188 Å². The zero-order chi connectivity index (χ0) is 23.9. The maximum atomic E-state index is 13.1. The molecule has 0 radical (unpaired) electrons. The predicted molar refractivity (Wildman–Crippen MR) is 124 cm³/mol. The van der Waals surface area contributed by atoms with Crippen LogP contribution in [0.1, 0.15) is 74.7 Å². The summed E-state index contributed by atoms with van der Waals surface area (Å²) in [6.07, 6.45) is 4.56. The molecule has 1 saturated heterocycles. The zero-order valence-corrected chi connectivity index (χ0v) is 20.6. The van der Waals surface area contributed by atoms with Crippen molar-refractivity contribution in [3.05, 3.63) is 11.6 Å². The van der Waals surface area contributed by atoms with E-state index in [1.54, 1.807) is 13.0 Å². The number of nitrogens with zero attached hydrogens (tertiary/aromatic N) is 1. The lowest BCUT2D eigenvalue weighted by atomic mass is 9.83. The lowest BCUT2D eigenvalue weighted by Crippen LogP contribution is -2.58. The predicted octanol–water partition coefficient (Wildman–Crippen LogP) is 2.99. The number of hydrogen-bond donors (Lipinski definition) is 3. The molecule has 31 heavy (non-hydrogen) atoms. The number of piperidine rings is 1. The van der Waals surface area contributed by atoms with Gasteiger partial charge in [-0.1, -0.05) is 47.1 Å². The quantitative estimate of drug-likeness (QED) is 0.455. The summed E-state index contributed by atoms with van der Waals surface area (Å²) in [4.78, 5) is 39.7. The van der Waals surface area contributed by atoms with Crippen molar-refractivity contribution in [1.82, 2.24) is 15.5 Å². The average Bonchev–Trinajstić information content (AvgIpc) is 2.67. The third kappa shape index (κ3) is 8.37. The molecule has 1 aliphatic rings. The van der Waals surface area contributed by atoms with Crippen molar-refractivity contribution >= 4 is 17.7 Å². The van der Waals surface area contributed by atoms with E-state index in [-0.39, 0.29) is 47.9 Å². The van der Waals surface area contributed by atoms with Gasteiger partial charge in [-0.15, -0.1) is 0 Å². The molecule has 0 aromatic rings. The Morgan fingerprint density at radius 2 is 1.74 bits per heavy atom. The summed E-state index contributed by atoms with van der Waals surface area (Å²) in [5.41, 5.74) is -0.197. The molecule has 7 heteroatoms. The molecule has 0 unspecified atom stereocenters. The Kier molecular flexibility index (Phi) is 10.4. The van der Waals surface area contributed by atoms with Crippen LogP contribution in [0, 0.1) is 11.3 Å². The van der Waals surface area contributed by atoms with Crippen LogP contribution < -0.4 is 10.6 Å². The number of rotatable bonds is 10. The highest BCUT2D eigenvalue weighted by molar-refractivity contribution is 5.92. The number of nitrogens with one attached hydrogen (secondary N) is 2. The molecule has 0 aromatic carbocycles. The van der Waals surface area contributed by atoms with E-state index in [9.17, 15) is 14.4 Å². The number of carboxylic acid groups (broad SMARTS) is 1. The number of aliphatic carboxylic acids is 1. The van der Waals surface area contributed by atoms with Crippen molar-refractivity contribution in [2.75, 3.05) is 13.1 Å². The second-order valence-corrected chi connectivity index (χ2v) is 10.4. The molecule has 7 nitrogen and oxygen atoms in total. The standard InChI is InChI=1S/C24H43N3O4/c1-15(2)18(13-17(5)23(30)31)25-14-20(28)21(24(6,7)8)26-22(29)19-11-9-10-12-27(19)16(3)4/h13,15-16,18-19,21,25H,9-12,14H2,1-8H3,(H,26,29)(H,30,31)/b17-13+/t18-,19-,21-/m1/s1. The van der Waals surface area contributed by atoms with E-state index in [4.69, 9.17) is 5.11 Å². The first-order valence-corrected chi connectivity index (χ1v) is 11.5. The van der Waals surface area contributed by atoms with Crippen LogP contribution in [0.15, 0.2) is 11.6 Å². The Hall–Kier alpha value is -1.73. The smallest absolute Gasteiger partial charge is 0.331 e.